The molecule has 0 bridgehead atoms. The maximum atomic E-state index is 13.2. The molecule has 0 amide bonds. The summed E-state index contributed by atoms with van der Waals surface area (Å²) in [5.41, 5.74) is 0.708. The normalized spacial score (nSPS) is 17.0. The Morgan fingerprint density at radius 2 is 1.86 bits per heavy atom. The van der Waals surface area contributed by atoms with Gasteiger partial charge >= 0.3 is 0 Å². The molecule has 4 rings (SSSR count). The molecule has 0 saturated carbocycles. The van der Waals surface area contributed by atoms with E-state index in [1.165, 1.54) is 0 Å². The molecule has 1 aliphatic rings. The van der Waals surface area contributed by atoms with E-state index in [0.29, 0.717) is 12.1 Å². The first-order valence-electron chi connectivity index (χ1n) is 8.96. The van der Waals surface area contributed by atoms with Gasteiger partial charge < -0.3 is 14.5 Å². The van der Waals surface area contributed by atoms with Gasteiger partial charge in [-0.05, 0) is 49.2 Å². The minimum Gasteiger partial charge on any atom is -0.419 e. The molecular formula is C20H19BrN2O4S. The lowest BCUT2D eigenvalue weighted by Gasteiger charge is -2.10. The van der Waals surface area contributed by atoms with Crippen molar-refractivity contribution in [3.05, 3.63) is 59.1 Å². The summed E-state index contributed by atoms with van der Waals surface area (Å²) in [4.78, 5) is 4.48. The van der Waals surface area contributed by atoms with E-state index >= 15 is 0 Å². The first-order valence-corrected chi connectivity index (χ1v) is 11.2. The second-order valence-electron chi connectivity index (χ2n) is 6.49. The van der Waals surface area contributed by atoms with Crippen LogP contribution in [0.4, 0.5) is 5.88 Å². The summed E-state index contributed by atoms with van der Waals surface area (Å²) in [6, 6.07) is 15.7. The maximum Gasteiger partial charge on any atom is 0.233 e. The van der Waals surface area contributed by atoms with E-state index in [2.05, 4.69) is 26.2 Å². The van der Waals surface area contributed by atoms with Crippen molar-refractivity contribution < 1.29 is 17.6 Å². The highest BCUT2D eigenvalue weighted by atomic mass is 79.9. The van der Waals surface area contributed by atoms with E-state index in [0.717, 1.165) is 23.9 Å². The number of ether oxygens (including phenoxy) is 1. The molecule has 8 heteroatoms. The fourth-order valence-electron chi connectivity index (χ4n) is 3.04. The molecule has 1 saturated heterocycles. The Kier molecular flexibility index (Phi) is 5.52. The van der Waals surface area contributed by atoms with Crippen molar-refractivity contribution in [2.45, 2.75) is 28.9 Å². The molecule has 6 nitrogen and oxygen atoms in total. The summed E-state index contributed by atoms with van der Waals surface area (Å²) in [5.74, 6) is 0.392. The lowest BCUT2D eigenvalue weighted by atomic mass is 10.2. The topological polar surface area (TPSA) is 81.4 Å². The zero-order valence-corrected chi connectivity index (χ0v) is 17.4. The third-order valence-corrected chi connectivity index (χ3v) is 6.72. The zero-order valence-electron chi connectivity index (χ0n) is 15.0. The van der Waals surface area contributed by atoms with Crippen LogP contribution in [0.1, 0.15) is 12.8 Å². The van der Waals surface area contributed by atoms with Crippen molar-refractivity contribution in [2.24, 2.45) is 0 Å². The van der Waals surface area contributed by atoms with E-state index < -0.39 is 9.84 Å². The number of sulfone groups is 1. The molecule has 28 heavy (non-hydrogen) atoms. The highest BCUT2D eigenvalue weighted by molar-refractivity contribution is 9.10. The van der Waals surface area contributed by atoms with Crippen LogP contribution in [0.25, 0.3) is 11.5 Å². The van der Waals surface area contributed by atoms with Crippen LogP contribution in [0.2, 0.25) is 0 Å². The Hall–Kier alpha value is -2.16. The average molecular weight is 463 g/mol. The predicted molar refractivity (Wildman–Crippen MR) is 109 cm³/mol. The van der Waals surface area contributed by atoms with Crippen LogP contribution in [0.15, 0.2) is 73.4 Å². The van der Waals surface area contributed by atoms with Gasteiger partial charge in [0.05, 0.1) is 11.0 Å². The van der Waals surface area contributed by atoms with Crippen molar-refractivity contribution >= 4 is 31.7 Å². The van der Waals surface area contributed by atoms with Gasteiger partial charge in [-0.1, -0.05) is 34.1 Å². The van der Waals surface area contributed by atoms with Crippen molar-refractivity contribution in [1.82, 2.24) is 4.98 Å². The number of rotatable bonds is 6. The Labute approximate surface area is 172 Å². The van der Waals surface area contributed by atoms with E-state index in [9.17, 15) is 8.42 Å². The maximum absolute atomic E-state index is 13.2. The third kappa shape index (κ3) is 3.99. The number of oxazole rings is 1. The van der Waals surface area contributed by atoms with Crippen LogP contribution in [-0.2, 0) is 14.6 Å². The summed E-state index contributed by atoms with van der Waals surface area (Å²) in [6.07, 6.45) is 1.97. The zero-order chi connectivity index (χ0) is 19.6. The lowest BCUT2D eigenvalue weighted by Crippen LogP contribution is -2.19. The third-order valence-electron chi connectivity index (χ3n) is 4.51. The molecule has 3 aromatic rings. The second kappa shape index (κ2) is 8.06. The van der Waals surface area contributed by atoms with E-state index in [4.69, 9.17) is 9.15 Å². The van der Waals surface area contributed by atoms with Crippen LogP contribution in [0, 0.1) is 0 Å². The number of anilines is 1. The Morgan fingerprint density at radius 3 is 2.54 bits per heavy atom. The molecular weight excluding hydrogens is 444 g/mol. The summed E-state index contributed by atoms with van der Waals surface area (Å²) in [5, 5.41) is 2.97. The quantitative estimate of drug-likeness (QED) is 0.579. The number of hydrogen-bond acceptors (Lipinski definition) is 6. The smallest absolute Gasteiger partial charge is 0.233 e. The molecule has 0 spiro atoms. The van der Waals surface area contributed by atoms with Crippen molar-refractivity contribution in [2.75, 3.05) is 18.5 Å². The molecule has 1 aliphatic heterocycles. The van der Waals surface area contributed by atoms with Gasteiger partial charge in [-0.15, -0.1) is 0 Å². The molecule has 0 radical (unpaired) electrons. The van der Waals surface area contributed by atoms with Crippen molar-refractivity contribution in [1.29, 1.82) is 0 Å². The predicted octanol–water partition coefficient (Wildman–Crippen LogP) is 4.53. The molecule has 2 heterocycles. The fraction of sp³-hybridized carbons (Fsp3) is 0.250. The van der Waals surface area contributed by atoms with Crippen LogP contribution >= 0.6 is 15.9 Å². The number of benzene rings is 2. The highest BCUT2D eigenvalue weighted by Gasteiger charge is 2.29. The monoisotopic (exact) mass is 462 g/mol. The van der Waals surface area contributed by atoms with Crippen molar-refractivity contribution in [3.63, 3.8) is 0 Å². The summed E-state index contributed by atoms with van der Waals surface area (Å²) >= 11 is 3.32. The number of hydrogen-bond donors (Lipinski definition) is 1. The van der Waals surface area contributed by atoms with E-state index in [1.807, 2.05) is 30.3 Å². The second-order valence-corrected chi connectivity index (χ2v) is 9.27. The number of nitrogens with zero attached hydrogens (tertiary/aromatic N) is 1. The molecule has 0 aliphatic carbocycles. The lowest BCUT2D eigenvalue weighted by molar-refractivity contribution is 0.120. The van der Waals surface area contributed by atoms with Crippen LogP contribution in [-0.4, -0.2) is 32.7 Å². The van der Waals surface area contributed by atoms with Gasteiger partial charge in [-0.2, -0.15) is 4.98 Å². The minimum absolute atomic E-state index is 0.0357. The van der Waals surface area contributed by atoms with Crippen molar-refractivity contribution in [3.8, 4) is 11.5 Å². The van der Waals surface area contributed by atoms with E-state index in [-0.39, 0.29) is 27.8 Å². The van der Waals surface area contributed by atoms with Gasteiger partial charge in [-0.25, -0.2) is 8.42 Å². The largest absolute Gasteiger partial charge is 0.419 e. The van der Waals surface area contributed by atoms with Gasteiger partial charge in [0.1, 0.15) is 0 Å². The van der Waals surface area contributed by atoms with Gasteiger partial charge in [0.15, 0.2) is 0 Å². The summed E-state index contributed by atoms with van der Waals surface area (Å²) in [7, 11) is -3.85. The first kappa shape index (κ1) is 19.2. The molecule has 146 valence electrons. The molecule has 1 unspecified atom stereocenters. The van der Waals surface area contributed by atoms with Crippen LogP contribution in [0.5, 0.6) is 0 Å². The average Bonchev–Trinajstić information content (AvgIpc) is 3.37. The number of nitrogens with one attached hydrogen (secondary N) is 1. The van der Waals surface area contributed by atoms with Gasteiger partial charge in [-0.3, -0.25) is 0 Å². The minimum atomic E-state index is -3.85. The fourth-order valence-corrected chi connectivity index (χ4v) is 4.58. The summed E-state index contributed by atoms with van der Waals surface area (Å²) in [6.45, 7) is 1.19. The number of halogens is 1. The SMILES string of the molecule is O=S(=O)(c1ccc(Br)cc1)c1nc(-c2ccccc2)oc1NCC1CCCO1. The Balaban J connectivity index is 1.72. The van der Waals surface area contributed by atoms with Crippen LogP contribution in [0.3, 0.4) is 0 Å². The Morgan fingerprint density at radius 1 is 1.11 bits per heavy atom. The molecule has 1 atom stereocenters. The van der Waals surface area contributed by atoms with E-state index in [1.54, 1.807) is 24.3 Å². The Bertz CT molecular complexity index is 1040. The van der Waals surface area contributed by atoms with Crippen LogP contribution < -0.4 is 5.32 Å². The number of aromatic nitrogens is 1. The first-order chi connectivity index (χ1) is 13.5. The molecule has 1 aromatic heterocycles. The molecule has 1 N–H and O–H groups in total. The van der Waals surface area contributed by atoms with Gasteiger partial charge in [0, 0.05) is 23.2 Å². The summed E-state index contributed by atoms with van der Waals surface area (Å²) < 4.78 is 38.6. The molecule has 2 aromatic carbocycles. The highest BCUT2D eigenvalue weighted by Crippen LogP contribution is 2.33. The molecule has 1 fully saturated rings. The van der Waals surface area contributed by atoms with Gasteiger partial charge in [0.25, 0.3) is 0 Å². The van der Waals surface area contributed by atoms with Gasteiger partial charge in [0.2, 0.25) is 26.6 Å². The standard InChI is InChI=1S/C20H19BrN2O4S/c21-15-8-10-17(11-9-15)28(24,25)20-19(22-13-16-7-4-12-26-16)27-18(23-20)14-5-2-1-3-6-14/h1-3,5-6,8-11,16,22H,4,7,12-13H2.